The van der Waals surface area contributed by atoms with Crippen molar-refractivity contribution in [3.8, 4) is 0 Å². The Morgan fingerprint density at radius 1 is 1.33 bits per heavy atom. The van der Waals surface area contributed by atoms with E-state index in [1.54, 1.807) is 6.20 Å². The minimum Gasteiger partial charge on any atom is -0.466 e. The molecule has 0 aliphatic carbocycles. The number of halogens is 2. The molecule has 174 valence electrons. The molecule has 3 heterocycles. The average molecular weight is 493 g/mol. The first kappa shape index (κ1) is 23.2. The molecule has 8 nitrogen and oxygen atoms in total. The van der Waals surface area contributed by atoms with E-state index >= 15 is 0 Å². The van der Waals surface area contributed by atoms with Gasteiger partial charge < -0.3 is 20.1 Å². The third kappa shape index (κ3) is 4.86. The lowest BCUT2D eigenvalue weighted by Crippen LogP contribution is -2.37. The number of nitrogens with zero attached hydrogens (tertiary/aromatic N) is 3. The van der Waals surface area contributed by atoms with Crippen molar-refractivity contribution in [2.75, 3.05) is 20.2 Å². The molecule has 0 radical (unpaired) electrons. The smallest absolute Gasteiger partial charge is 0.407 e. The Labute approximate surface area is 198 Å². The quantitative estimate of drug-likeness (QED) is 0.619. The second-order valence-electron chi connectivity index (χ2n) is 7.72. The summed E-state index contributed by atoms with van der Waals surface area (Å²) < 4.78 is 18.9. The number of likely N-dealkylation sites (tertiary alicyclic amines) is 1. The molecule has 0 spiro atoms. The van der Waals surface area contributed by atoms with E-state index in [2.05, 4.69) is 10.3 Å². The maximum absolute atomic E-state index is 13.8. The molecule has 2 aliphatic heterocycles. The van der Waals surface area contributed by atoms with Gasteiger partial charge in [0.2, 0.25) is 0 Å². The van der Waals surface area contributed by atoms with E-state index < -0.39 is 23.9 Å². The predicted octanol–water partition coefficient (Wildman–Crippen LogP) is 4.23. The predicted molar refractivity (Wildman–Crippen MR) is 122 cm³/mol. The first-order valence-electron chi connectivity index (χ1n) is 10.4. The maximum Gasteiger partial charge on any atom is 0.407 e. The van der Waals surface area contributed by atoms with Crippen LogP contribution in [-0.4, -0.2) is 53.1 Å². The van der Waals surface area contributed by atoms with Crippen molar-refractivity contribution in [2.24, 2.45) is 10.9 Å². The van der Waals surface area contributed by atoms with Crippen molar-refractivity contribution >= 4 is 40.8 Å². The number of hydrogen-bond acceptors (Lipinski definition) is 7. The summed E-state index contributed by atoms with van der Waals surface area (Å²) in [5, 5.41) is 15.3. The number of esters is 1. The lowest BCUT2D eigenvalue weighted by Gasteiger charge is -2.31. The molecule has 4 rings (SSSR count). The number of carbonyl (C=O) groups is 2. The van der Waals surface area contributed by atoms with Crippen LogP contribution < -0.4 is 5.32 Å². The zero-order valence-electron chi connectivity index (χ0n) is 17.8. The van der Waals surface area contributed by atoms with Crippen molar-refractivity contribution in [3.05, 3.63) is 62.5 Å². The largest absolute Gasteiger partial charge is 0.466 e. The van der Waals surface area contributed by atoms with Crippen LogP contribution in [0.2, 0.25) is 5.02 Å². The Balaban J connectivity index is 1.83. The zero-order chi connectivity index (χ0) is 23.5. The van der Waals surface area contributed by atoms with Gasteiger partial charge in [-0.25, -0.2) is 19.0 Å². The highest BCUT2D eigenvalue weighted by molar-refractivity contribution is 7.11. The van der Waals surface area contributed by atoms with Gasteiger partial charge in [-0.3, -0.25) is 4.99 Å². The summed E-state index contributed by atoms with van der Waals surface area (Å²) in [5.74, 6) is -0.750. The Hall–Kier alpha value is -2.98. The van der Waals surface area contributed by atoms with Crippen molar-refractivity contribution < 1.29 is 23.8 Å². The van der Waals surface area contributed by atoms with E-state index in [4.69, 9.17) is 21.3 Å². The lowest BCUT2D eigenvalue weighted by atomic mass is 9.87. The molecular formula is C22H22ClFN4O4S. The Morgan fingerprint density at radius 3 is 2.82 bits per heavy atom. The van der Waals surface area contributed by atoms with Crippen molar-refractivity contribution in [1.29, 1.82) is 0 Å². The number of aliphatic imine (C=N–C) groups is 1. The number of benzene rings is 1. The van der Waals surface area contributed by atoms with Crippen LogP contribution in [0.3, 0.4) is 0 Å². The number of methoxy groups -OCH3 is 1. The summed E-state index contributed by atoms with van der Waals surface area (Å²) in [6.45, 7) is 0.763. The fourth-order valence-corrected chi connectivity index (χ4v) is 5.05. The molecule has 2 unspecified atom stereocenters. The average Bonchev–Trinajstić information content (AvgIpc) is 3.22. The van der Waals surface area contributed by atoms with Crippen LogP contribution in [0.15, 0.2) is 46.0 Å². The Bertz CT molecular complexity index is 1120. The van der Waals surface area contributed by atoms with Crippen LogP contribution in [0.25, 0.3) is 0 Å². The molecule has 2 aromatic rings. The maximum atomic E-state index is 13.8. The molecule has 0 bridgehead atoms. The van der Waals surface area contributed by atoms with Gasteiger partial charge >= 0.3 is 12.1 Å². The third-order valence-electron chi connectivity index (χ3n) is 5.78. The molecule has 11 heteroatoms. The standard InChI is InChI=1S/C22H22ClFN4O4S/c1-32-21(29)16-17(12-3-2-8-28(9-6-12)22(30)31)26-19(20-25-7-10-33-20)27-18(16)14-5-4-13(24)11-15(14)23/h4-5,7,10-12,18H,2-3,6,8-9H2,1H3,(H,26,27)(H,30,31). The van der Waals surface area contributed by atoms with Gasteiger partial charge in [0, 0.05) is 46.9 Å². The zero-order valence-corrected chi connectivity index (χ0v) is 19.3. The molecule has 33 heavy (non-hydrogen) atoms. The molecule has 2 atom stereocenters. The normalized spacial score (nSPS) is 21.2. The number of hydrogen-bond donors (Lipinski definition) is 2. The SMILES string of the molecule is COC(=O)C1=C(C2CCCN(C(=O)O)CC2)NC(c2nccs2)=NC1c1ccc(F)cc1Cl. The Kier molecular flexibility index (Phi) is 6.94. The molecule has 1 saturated heterocycles. The summed E-state index contributed by atoms with van der Waals surface area (Å²) in [7, 11) is 1.29. The van der Waals surface area contributed by atoms with Crippen molar-refractivity contribution in [1.82, 2.24) is 15.2 Å². The molecule has 2 N–H and O–H groups in total. The number of amidine groups is 1. The number of nitrogens with one attached hydrogen (secondary N) is 1. The van der Waals surface area contributed by atoms with Gasteiger partial charge in [0.25, 0.3) is 0 Å². The van der Waals surface area contributed by atoms with Gasteiger partial charge in [0.15, 0.2) is 10.8 Å². The van der Waals surface area contributed by atoms with Gasteiger partial charge in [0.05, 0.1) is 12.7 Å². The number of aromatic nitrogens is 1. The van der Waals surface area contributed by atoms with Crippen molar-refractivity contribution in [3.63, 3.8) is 0 Å². The number of carboxylic acid groups (broad SMARTS) is 1. The van der Waals surface area contributed by atoms with Gasteiger partial charge in [-0.1, -0.05) is 17.7 Å². The highest BCUT2D eigenvalue weighted by Gasteiger charge is 2.37. The third-order valence-corrected chi connectivity index (χ3v) is 6.89. The monoisotopic (exact) mass is 492 g/mol. The number of thiazole rings is 1. The van der Waals surface area contributed by atoms with Gasteiger partial charge in [-0.05, 0) is 31.4 Å². The summed E-state index contributed by atoms with van der Waals surface area (Å²) in [5.41, 5.74) is 1.35. The number of ether oxygens (including phenoxy) is 1. The first-order chi connectivity index (χ1) is 15.9. The van der Waals surface area contributed by atoms with Crippen LogP contribution in [0.1, 0.15) is 35.9 Å². The number of amides is 1. The van der Waals surface area contributed by atoms with E-state index in [1.165, 1.54) is 41.5 Å². The second kappa shape index (κ2) is 9.88. The van der Waals surface area contributed by atoms with E-state index in [-0.39, 0.29) is 16.5 Å². The van der Waals surface area contributed by atoms with E-state index in [0.29, 0.717) is 54.5 Å². The summed E-state index contributed by atoms with van der Waals surface area (Å²) in [6.07, 6.45) is 2.52. The van der Waals surface area contributed by atoms with Crippen LogP contribution >= 0.6 is 22.9 Å². The number of rotatable bonds is 4. The van der Waals surface area contributed by atoms with Gasteiger partial charge in [-0.2, -0.15) is 0 Å². The van der Waals surface area contributed by atoms with Crippen LogP contribution in [0, 0.1) is 11.7 Å². The minimum atomic E-state index is -0.963. The van der Waals surface area contributed by atoms with Crippen molar-refractivity contribution in [2.45, 2.75) is 25.3 Å². The number of carbonyl (C=O) groups excluding carboxylic acids is 1. The highest BCUT2D eigenvalue weighted by atomic mass is 35.5. The van der Waals surface area contributed by atoms with Crippen LogP contribution in [-0.2, 0) is 9.53 Å². The fourth-order valence-electron chi connectivity index (χ4n) is 4.20. The summed E-state index contributed by atoms with van der Waals surface area (Å²) in [4.78, 5) is 34.9. The number of allylic oxidation sites excluding steroid dienone is 1. The van der Waals surface area contributed by atoms with E-state index in [1.807, 2.05) is 5.38 Å². The van der Waals surface area contributed by atoms with Gasteiger partial charge in [0.1, 0.15) is 11.9 Å². The molecule has 1 amide bonds. The fraction of sp³-hybridized carbons (Fsp3) is 0.364. The van der Waals surface area contributed by atoms with E-state index in [9.17, 15) is 19.1 Å². The topological polar surface area (TPSA) is 104 Å². The molecule has 2 aliphatic rings. The molecule has 1 aromatic carbocycles. The van der Waals surface area contributed by atoms with Crippen LogP contribution in [0.5, 0.6) is 0 Å². The molecule has 1 aromatic heterocycles. The summed E-state index contributed by atoms with van der Waals surface area (Å²) >= 11 is 7.76. The lowest BCUT2D eigenvalue weighted by molar-refractivity contribution is -0.136. The van der Waals surface area contributed by atoms with E-state index in [0.717, 1.165) is 0 Å². The highest BCUT2D eigenvalue weighted by Crippen LogP contribution is 2.40. The molecule has 0 saturated carbocycles. The Morgan fingerprint density at radius 2 is 2.15 bits per heavy atom. The summed E-state index contributed by atoms with van der Waals surface area (Å²) in [6, 6.07) is 3.13. The second-order valence-corrected chi connectivity index (χ2v) is 9.03. The van der Waals surface area contributed by atoms with Crippen LogP contribution in [0.4, 0.5) is 9.18 Å². The molecule has 1 fully saturated rings. The van der Waals surface area contributed by atoms with Gasteiger partial charge in [-0.15, -0.1) is 11.3 Å². The molecular weight excluding hydrogens is 471 g/mol. The minimum absolute atomic E-state index is 0.141. The first-order valence-corrected chi connectivity index (χ1v) is 11.6.